The first kappa shape index (κ1) is 24.5. The Balaban J connectivity index is 1.28. The zero-order valence-corrected chi connectivity index (χ0v) is 23.9. The van der Waals surface area contributed by atoms with Crippen molar-refractivity contribution in [1.29, 1.82) is 0 Å². The molecule has 0 bridgehead atoms. The van der Waals surface area contributed by atoms with Crippen LogP contribution in [0.4, 0.5) is 0 Å². The molecule has 2 aliphatic carbocycles. The van der Waals surface area contributed by atoms with Gasteiger partial charge in [-0.3, -0.25) is 0 Å². The minimum atomic E-state index is 0.303. The minimum absolute atomic E-state index is 0.303. The average Bonchev–Trinajstić information content (AvgIpc) is 3.45. The van der Waals surface area contributed by atoms with Crippen molar-refractivity contribution in [2.45, 2.75) is 19.3 Å². The van der Waals surface area contributed by atoms with Gasteiger partial charge in [-0.15, -0.1) is 0 Å². The van der Waals surface area contributed by atoms with Crippen molar-refractivity contribution in [1.82, 2.24) is 0 Å². The zero-order chi connectivity index (χ0) is 28.3. The second kappa shape index (κ2) is 9.71. The molecule has 3 aliphatic rings. The van der Waals surface area contributed by atoms with Gasteiger partial charge in [-0.1, -0.05) is 127 Å². The maximum Gasteiger partial charge on any atom is 0.112 e. The summed E-state index contributed by atoms with van der Waals surface area (Å²) in [7, 11) is 0. The van der Waals surface area contributed by atoms with E-state index >= 15 is 0 Å². The van der Waals surface area contributed by atoms with Crippen LogP contribution in [0, 0.1) is 5.92 Å². The maximum absolute atomic E-state index is 6.33. The summed E-state index contributed by atoms with van der Waals surface area (Å²) in [4.78, 5) is 0. The fraction of sp³-hybridized carbons (Fsp3) is 0.0952. The monoisotopic (exact) mass is 550 g/mol. The number of benzene rings is 6. The third-order valence-electron chi connectivity index (χ3n) is 9.50. The van der Waals surface area contributed by atoms with Crippen LogP contribution < -0.4 is 0 Å². The molecule has 1 heterocycles. The maximum atomic E-state index is 6.33. The Kier molecular flexibility index (Phi) is 5.52. The number of hydrogen-bond acceptors (Lipinski definition) is 1. The molecule has 204 valence electrons. The number of fused-ring (bicyclic) bond motifs is 5. The predicted molar refractivity (Wildman–Crippen MR) is 180 cm³/mol. The molecule has 6 aromatic carbocycles. The van der Waals surface area contributed by atoms with Gasteiger partial charge in [-0.2, -0.15) is 0 Å². The third kappa shape index (κ3) is 3.85. The smallest absolute Gasteiger partial charge is 0.112 e. The average molecular weight is 551 g/mol. The molecular formula is C42H30O. The van der Waals surface area contributed by atoms with E-state index in [4.69, 9.17) is 4.74 Å². The largest absolute Gasteiger partial charge is 0.465 e. The number of ether oxygens (including phenoxy) is 1. The lowest BCUT2D eigenvalue weighted by atomic mass is 9.79. The van der Waals surface area contributed by atoms with Crippen LogP contribution in [-0.4, -0.2) is 0 Å². The highest BCUT2D eigenvalue weighted by atomic mass is 16.5. The lowest BCUT2D eigenvalue weighted by molar-refractivity contribution is 0.292. The number of hydrogen-bond donors (Lipinski definition) is 0. The summed E-state index contributed by atoms with van der Waals surface area (Å²) in [5, 5.41) is 7.72. The summed E-state index contributed by atoms with van der Waals surface area (Å²) in [5.41, 5.74) is 9.17. The van der Waals surface area contributed by atoms with Gasteiger partial charge < -0.3 is 4.74 Å². The van der Waals surface area contributed by atoms with Gasteiger partial charge in [-0.05, 0) is 90.7 Å². The molecule has 1 nitrogen and oxygen atoms in total. The van der Waals surface area contributed by atoms with Crippen molar-refractivity contribution >= 4 is 37.9 Å². The molecule has 0 amide bonds. The molecule has 1 unspecified atom stereocenters. The lowest BCUT2D eigenvalue weighted by Crippen LogP contribution is -2.08. The summed E-state index contributed by atoms with van der Waals surface area (Å²) in [5.74, 6) is 2.58. The zero-order valence-electron chi connectivity index (χ0n) is 23.9. The van der Waals surface area contributed by atoms with E-state index in [1.54, 1.807) is 0 Å². The molecule has 0 aromatic heterocycles. The molecule has 9 rings (SSSR count). The van der Waals surface area contributed by atoms with Gasteiger partial charge in [0.25, 0.3) is 0 Å². The first-order valence-corrected chi connectivity index (χ1v) is 15.3. The number of rotatable bonds is 3. The number of allylic oxidation sites excluding steroid dienone is 7. The lowest BCUT2D eigenvalue weighted by Gasteiger charge is -2.24. The van der Waals surface area contributed by atoms with Gasteiger partial charge in [-0.25, -0.2) is 0 Å². The minimum Gasteiger partial charge on any atom is -0.465 e. The highest BCUT2D eigenvalue weighted by Crippen LogP contribution is 2.50. The van der Waals surface area contributed by atoms with Crippen molar-refractivity contribution in [3.05, 3.63) is 162 Å². The van der Waals surface area contributed by atoms with Crippen LogP contribution in [0.15, 0.2) is 157 Å². The quantitative estimate of drug-likeness (QED) is 0.199. The SMILES string of the molecule is C1=CC2=C(CC1)OC1=CC=C(c3c4ccccc4c(-c4ccccc4-c4ccc5ccccc5c4)c4ccccc34)CC12. The van der Waals surface area contributed by atoms with Crippen LogP contribution in [0.25, 0.3) is 60.1 Å². The van der Waals surface area contributed by atoms with E-state index in [0.29, 0.717) is 5.92 Å². The molecule has 0 N–H and O–H groups in total. The van der Waals surface area contributed by atoms with E-state index in [2.05, 4.69) is 140 Å². The Labute approximate surface area is 251 Å². The van der Waals surface area contributed by atoms with E-state index in [1.807, 2.05) is 0 Å². The Hall–Kier alpha value is -5.14. The molecule has 6 aromatic rings. The molecule has 1 atom stereocenters. The highest BCUT2D eigenvalue weighted by Gasteiger charge is 2.34. The van der Waals surface area contributed by atoms with Gasteiger partial charge in [0.1, 0.15) is 11.5 Å². The summed E-state index contributed by atoms with van der Waals surface area (Å²) in [6, 6.07) is 42.4. The van der Waals surface area contributed by atoms with E-state index in [9.17, 15) is 0 Å². The molecule has 1 aliphatic heterocycles. The first-order chi connectivity index (χ1) is 21.3. The van der Waals surface area contributed by atoms with Gasteiger partial charge in [0.15, 0.2) is 0 Å². The van der Waals surface area contributed by atoms with E-state index in [1.165, 1.54) is 77.0 Å². The van der Waals surface area contributed by atoms with Crippen LogP contribution in [0.2, 0.25) is 0 Å². The van der Waals surface area contributed by atoms with E-state index in [-0.39, 0.29) is 0 Å². The Morgan fingerprint density at radius 1 is 0.581 bits per heavy atom. The topological polar surface area (TPSA) is 9.23 Å². The Bertz CT molecular complexity index is 2180. The normalized spacial score (nSPS) is 17.5. The Morgan fingerprint density at radius 2 is 1.23 bits per heavy atom. The van der Waals surface area contributed by atoms with Crippen molar-refractivity contribution in [2.24, 2.45) is 5.92 Å². The molecular weight excluding hydrogens is 520 g/mol. The molecule has 0 fully saturated rings. The van der Waals surface area contributed by atoms with E-state index in [0.717, 1.165) is 25.0 Å². The van der Waals surface area contributed by atoms with Crippen molar-refractivity contribution in [3.63, 3.8) is 0 Å². The van der Waals surface area contributed by atoms with Gasteiger partial charge in [0, 0.05) is 17.9 Å². The summed E-state index contributed by atoms with van der Waals surface area (Å²) < 4.78 is 6.33. The highest BCUT2D eigenvalue weighted by molar-refractivity contribution is 6.20. The van der Waals surface area contributed by atoms with Gasteiger partial charge in [0.05, 0.1) is 0 Å². The molecule has 1 heteroatoms. The summed E-state index contributed by atoms with van der Waals surface area (Å²) in [6.07, 6.45) is 12.2. The van der Waals surface area contributed by atoms with Crippen LogP contribution >= 0.6 is 0 Å². The van der Waals surface area contributed by atoms with Crippen LogP contribution in [0.3, 0.4) is 0 Å². The van der Waals surface area contributed by atoms with Crippen molar-refractivity contribution in [3.8, 4) is 22.3 Å². The van der Waals surface area contributed by atoms with Crippen molar-refractivity contribution in [2.75, 3.05) is 0 Å². The third-order valence-corrected chi connectivity index (χ3v) is 9.50. The van der Waals surface area contributed by atoms with Crippen molar-refractivity contribution < 1.29 is 4.74 Å². The van der Waals surface area contributed by atoms with Crippen LogP contribution in [0.1, 0.15) is 24.8 Å². The standard InChI is InChI=1S/C42H30O/c1-2-12-28-25-29(22-21-27(28)11-1)31-13-3-4-15-33(31)42-36-18-7-5-16-34(36)41(35-17-6-8-19-37(35)42)30-23-24-40-38(26-30)32-14-9-10-20-39(32)43-40/h1-9,11-19,21-25,38H,10,20,26H2. The second-order valence-corrected chi connectivity index (χ2v) is 11.9. The van der Waals surface area contributed by atoms with Crippen LogP contribution in [-0.2, 0) is 4.74 Å². The molecule has 0 radical (unpaired) electrons. The van der Waals surface area contributed by atoms with Gasteiger partial charge in [0.2, 0.25) is 0 Å². The predicted octanol–water partition coefficient (Wildman–Crippen LogP) is 11.4. The Morgan fingerprint density at radius 3 is 2.00 bits per heavy atom. The van der Waals surface area contributed by atoms with Crippen LogP contribution in [0.5, 0.6) is 0 Å². The fourth-order valence-electron chi connectivity index (χ4n) is 7.54. The molecule has 0 saturated heterocycles. The molecule has 0 spiro atoms. The van der Waals surface area contributed by atoms with E-state index < -0.39 is 0 Å². The summed E-state index contributed by atoms with van der Waals surface area (Å²) >= 11 is 0. The fourth-order valence-corrected chi connectivity index (χ4v) is 7.54. The first-order valence-electron chi connectivity index (χ1n) is 15.3. The summed E-state index contributed by atoms with van der Waals surface area (Å²) in [6.45, 7) is 0. The second-order valence-electron chi connectivity index (χ2n) is 11.9. The molecule has 43 heavy (non-hydrogen) atoms. The molecule has 0 saturated carbocycles. The van der Waals surface area contributed by atoms with Gasteiger partial charge >= 0.3 is 0 Å².